The Morgan fingerprint density at radius 2 is 1.00 bits per heavy atom. The van der Waals surface area contributed by atoms with Crippen LogP contribution in [0.25, 0.3) is 0 Å². The average molecular weight is 264 g/mol. The van der Waals surface area contributed by atoms with Gasteiger partial charge in [-0.3, -0.25) is 0 Å². The first-order valence-corrected chi connectivity index (χ1v) is 6.12. The van der Waals surface area contributed by atoms with E-state index in [0.717, 1.165) is 6.54 Å². The van der Waals surface area contributed by atoms with Gasteiger partial charge in [0.2, 0.25) is 0 Å². The quantitative estimate of drug-likeness (QED) is 0.474. The maximum Gasteiger partial charge on any atom is 0 e. The van der Waals surface area contributed by atoms with Crippen LogP contribution < -0.4 is 5.73 Å². The molecule has 2 N–H and O–H groups in total. The van der Waals surface area contributed by atoms with E-state index < -0.39 is 0 Å². The molecule has 0 aromatic heterocycles. The fraction of sp³-hybridized carbons (Fsp3) is 1.00. The van der Waals surface area contributed by atoms with Gasteiger partial charge in [0.05, 0.1) is 0 Å². The van der Waals surface area contributed by atoms with Gasteiger partial charge in [-0.05, 0) is 13.0 Å². The molecule has 0 amide bonds. The molecule has 2 radical (unpaired) electrons. The third-order valence-corrected chi connectivity index (χ3v) is 2.56. The summed E-state index contributed by atoms with van der Waals surface area (Å²) in [6, 6.07) is 0. The zero-order valence-electron chi connectivity index (χ0n) is 9.76. The molecule has 86 valence electrons. The molecule has 0 aromatic carbocycles. The molecule has 14 heavy (non-hydrogen) atoms. The predicted octanol–water partition coefficient (Wildman–Crippen LogP) is 3.49. The van der Waals surface area contributed by atoms with E-state index >= 15 is 0 Å². The second-order valence-corrected chi connectivity index (χ2v) is 3.97. The molecule has 0 aromatic rings. The van der Waals surface area contributed by atoms with E-state index in [2.05, 4.69) is 6.92 Å². The fourth-order valence-electron chi connectivity index (χ4n) is 1.63. The zero-order chi connectivity index (χ0) is 9.78. The van der Waals surface area contributed by atoms with Crippen LogP contribution in [0.3, 0.4) is 0 Å². The molecule has 2 heteroatoms. The molecule has 0 aliphatic heterocycles. The number of nitrogens with two attached hydrogens (primary N) is 1. The van der Waals surface area contributed by atoms with Crippen molar-refractivity contribution in [1.29, 1.82) is 0 Å². The average Bonchev–Trinajstić information content (AvgIpc) is 2.16. The zero-order valence-corrected chi connectivity index (χ0v) is 11.5. The summed E-state index contributed by atoms with van der Waals surface area (Å²) in [6.07, 6.45) is 13.9. The van der Waals surface area contributed by atoms with Crippen molar-refractivity contribution in [1.82, 2.24) is 0 Å². The van der Waals surface area contributed by atoms with Crippen molar-refractivity contribution in [3.05, 3.63) is 0 Å². The summed E-state index contributed by atoms with van der Waals surface area (Å²) in [5, 5.41) is 0. The van der Waals surface area contributed by atoms with Gasteiger partial charge in [-0.25, -0.2) is 0 Å². The molecule has 0 fully saturated rings. The molecule has 0 saturated carbocycles. The largest absolute Gasteiger partial charge is 0.330 e. The summed E-state index contributed by atoms with van der Waals surface area (Å²) in [5.41, 5.74) is 5.42. The van der Waals surface area contributed by atoms with E-state index in [4.69, 9.17) is 5.73 Å². The van der Waals surface area contributed by atoms with Gasteiger partial charge in [-0.1, -0.05) is 64.7 Å². The van der Waals surface area contributed by atoms with Crippen LogP contribution in [0, 0.1) is 0 Å². The molecule has 0 unspecified atom stereocenters. The molecular formula is C12H27NSe. The van der Waals surface area contributed by atoms with E-state index in [1.165, 1.54) is 64.2 Å². The summed E-state index contributed by atoms with van der Waals surface area (Å²) in [4.78, 5) is 0. The molecule has 0 aliphatic rings. The van der Waals surface area contributed by atoms with Gasteiger partial charge in [-0.15, -0.1) is 0 Å². The van der Waals surface area contributed by atoms with Crippen LogP contribution in [-0.2, 0) is 0 Å². The van der Waals surface area contributed by atoms with Crippen molar-refractivity contribution in [2.75, 3.05) is 6.54 Å². The summed E-state index contributed by atoms with van der Waals surface area (Å²) in [6.45, 7) is 3.14. The molecule has 0 spiro atoms. The maximum atomic E-state index is 5.42. The Morgan fingerprint density at radius 3 is 1.36 bits per heavy atom. The second-order valence-electron chi connectivity index (χ2n) is 3.97. The third kappa shape index (κ3) is 15.0. The smallest absolute Gasteiger partial charge is 0 e. The van der Waals surface area contributed by atoms with Gasteiger partial charge >= 0.3 is 0 Å². The van der Waals surface area contributed by atoms with Crippen LogP contribution >= 0.6 is 0 Å². The first-order valence-electron chi connectivity index (χ1n) is 6.12. The number of hydrogen-bond donors (Lipinski definition) is 1. The van der Waals surface area contributed by atoms with Crippen LogP contribution in [0.5, 0.6) is 0 Å². The topological polar surface area (TPSA) is 26.0 Å². The number of hydrogen-bond acceptors (Lipinski definition) is 1. The first kappa shape index (κ1) is 16.9. The van der Waals surface area contributed by atoms with Crippen LogP contribution in [0.4, 0.5) is 0 Å². The van der Waals surface area contributed by atoms with Gasteiger partial charge in [0.1, 0.15) is 0 Å². The summed E-state index contributed by atoms with van der Waals surface area (Å²) in [7, 11) is 0. The van der Waals surface area contributed by atoms with Gasteiger partial charge in [0.25, 0.3) is 0 Å². The minimum absolute atomic E-state index is 0. The number of rotatable bonds is 10. The van der Waals surface area contributed by atoms with Crippen LogP contribution in [-0.4, -0.2) is 23.6 Å². The van der Waals surface area contributed by atoms with Crippen molar-refractivity contribution < 1.29 is 0 Å². The van der Waals surface area contributed by atoms with Crippen LogP contribution in [0.2, 0.25) is 0 Å². The summed E-state index contributed by atoms with van der Waals surface area (Å²) >= 11 is 0. The Labute approximate surface area is 101 Å². The first-order chi connectivity index (χ1) is 6.41. The van der Waals surface area contributed by atoms with E-state index in [1.807, 2.05) is 0 Å². The minimum atomic E-state index is 0. The SMILES string of the molecule is CCCCCCCCCCCCN.[Se]. The normalized spacial score (nSPS) is 9.86. The van der Waals surface area contributed by atoms with Crippen molar-refractivity contribution >= 4 is 17.1 Å². The standard InChI is InChI=1S/C12H27N.Se/c1-2-3-4-5-6-7-8-9-10-11-12-13;/h2-13H2,1H3;. The molecule has 0 bridgehead atoms. The third-order valence-electron chi connectivity index (χ3n) is 2.56. The van der Waals surface area contributed by atoms with Crippen molar-refractivity contribution in [3.8, 4) is 0 Å². The van der Waals surface area contributed by atoms with E-state index in [0.29, 0.717) is 0 Å². The van der Waals surface area contributed by atoms with Crippen LogP contribution in [0.1, 0.15) is 71.1 Å². The Kier molecular flexibility index (Phi) is 19.2. The molecule has 0 rings (SSSR count). The monoisotopic (exact) mass is 265 g/mol. The maximum absolute atomic E-state index is 5.42. The molecule has 1 nitrogen and oxygen atoms in total. The Bertz CT molecular complexity index is 76.4. The summed E-state index contributed by atoms with van der Waals surface area (Å²) < 4.78 is 0. The van der Waals surface area contributed by atoms with Crippen LogP contribution in [0.15, 0.2) is 0 Å². The Balaban J connectivity index is 0. The molecule has 0 aliphatic carbocycles. The van der Waals surface area contributed by atoms with Gasteiger partial charge in [-0.2, -0.15) is 0 Å². The molecule has 0 heterocycles. The van der Waals surface area contributed by atoms with E-state index in [-0.39, 0.29) is 17.1 Å². The number of unbranched alkanes of at least 4 members (excludes halogenated alkanes) is 9. The predicted molar refractivity (Wildman–Crippen MR) is 66.7 cm³/mol. The van der Waals surface area contributed by atoms with Crippen molar-refractivity contribution in [3.63, 3.8) is 0 Å². The van der Waals surface area contributed by atoms with Gasteiger partial charge in [0, 0.05) is 17.1 Å². The van der Waals surface area contributed by atoms with E-state index in [9.17, 15) is 0 Å². The molecule has 0 saturated heterocycles. The fourth-order valence-corrected chi connectivity index (χ4v) is 1.63. The Hall–Kier alpha value is 0.479. The van der Waals surface area contributed by atoms with Gasteiger partial charge in [0.15, 0.2) is 0 Å². The molecule has 0 atom stereocenters. The second kappa shape index (κ2) is 15.9. The van der Waals surface area contributed by atoms with Gasteiger partial charge < -0.3 is 5.73 Å². The minimum Gasteiger partial charge on any atom is -0.330 e. The van der Waals surface area contributed by atoms with Crippen molar-refractivity contribution in [2.45, 2.75) is 71.1 Å². The van der Waals surface area contributed by atoms with E-state index in [1.54, 1.807) is 0 Å². The van der Waals surface area contributed by atoms with Crippen molar-refractivity contribution in [2.24, 2.45) is 5.73 Å². The Morgan fingerprint density at radius 1 is 0.643 bits per heavy atom. The molecular weight excluding hydrogens is 237 g/mol. The summed E-state index contributed by atoms with van der Waals surface area (Å²) in [5.74, 6) is 0.